The number of Topliss-reactive ketones (excluding diaryl/α,β-unsaturated/α-hetero) is 1. The van der Waals surface area contributed by atoms with Gasteiger partial charge in [-0.05, 0) is 133 Å². The number of carbonyl (C=O) groups excluding carboxylic acids is 3. The maximum atomic E-state index is 11.8. The van der Waals surface area contributed by atoms with E-state index in [1.165, 1.54) is 58.0 Å². The van der Waals surface area contributed by atoms with Crippen molar-refractivity contribution in [3.05, 3.63) is 0 Å². The second kappa shape index (κ2) is 28.8. The molecule has 0 aromatic carbocycles. The van der Waals surface area contributed by atoms with E-state index < -0.39 is 11.2 Å². The van der Waals surface area contributed by atoms with Gasteiger partial charge in [-0.2, -0.15) is 0 Å². The van der Waals surface area contributed by atoms with Crippen LogP contribution in [-0.4, -0.2) is 134 Å². The predicted molar refractivity (Wildman–Crippen MR) is 251 cm³/mol. The van der Waals surface area contributed by atoms with E-state index in [1.54, 1.807) is 0 Å². The minimum Gasteiger partial charge on any atom is -0.381 e. The van der Waals surface area contributed by atoms with E-state index in [9.17, 15) is 14.4 Å². The molecule has 0 aromatic rings. The van der Waals surface area contributed by atoms with Gasteiger partial charge in [-0.3, -0.25) is 14.6 Å². The summed E-state index contributed by atoms with van der Waals surface area (Å²) in [4.78, 5) is 38.8. The third-order valence-corrected chi connectivity index (χ3v) is 11.9. The fourth-order valence-corrected chi connectivity index (χ4v) is 8.27. The Balaban J connectivity index is 0.000000279. The molecule has 1 saturated carbocycles. The number of rotatable bonds is 4. The Morgan fingerprint density at radius 2 is 1.08 bits per heavy atom. The van der Waals surface area contributed by atoms with Gasteiger partial charge in [0.05, 0.1) is 13.2 Å². The topological polar surface area (TPSA) is 157 Å². The van der Waals surface area contributed by atoms with Gasteiger partial charge in [0.1, 0.15) is 17.0 Å². The van der Waals surface area contributed by atoms with E-state index in [0.717, 1.165) is 77.9 Å². The van der Waals surface area contributed by atoms with Crippen molar-refractivity contribution in [1.82, 2.24) is 25.8 Å². The first-order valence-electron chi connectivity index (χ1n) is 22.3. The summed E-state index contributed by atoms with van der Waals surface area (Å²) in [6.07, 6.45) is 16.4. The average Bonchev–Trinajstić information content (AvgIpc) is 3.16. The molecule has 59 heavy (non-hydrogen) atoms. The largest absolute Gasteiger partial charge is 0.381 e. The average molecular weight is 1180 g/mol. The van der Waals surface area contributed by atoms with Crippen LogP contribution in [0.2, 0.25) is 0 Å². The van der Waals surface area contributed by atoms with Gasteiger partial charge < -0.3 is 40.6 Å². The van der Waals surface area contributed by atoms with Crippen LogP contribution >= 0.6 is 37.2 Å². The van der Waals surface area contributed by atoms with Crippen molar-refractivity contribution in [1.29, 1.82) is 0 Å². The number of hydrogen-bond donors (Lipinski definition) is 4. The predicted octanol–water partition coefficient (Wildman–Crippen LogP) is 5.08. The first-order chi connectivity index (χ1) is 27.8. The Kier molecular flexibility index (Phi) is 27.0. The van der Waals surface area contributed by atoms with Gasteiger partial charge in [-0.25, -0.2) is 9.59 Å². The Morgan fingerprint density at radius 3 is 1.49 bits per heavy atom. The summed E-state index contributed by atoms with van der Waals surface area (Å²) in [6.45, 7) is 25.6. The van der Waals surface area contributed by atoms with Crippen molar-refractivity contribution in [2.75, 3.05) is 65.7 Å². The zero-order chi connectivity index (χ0) is 44.0. The van der Waals surface area contributed by atoms with Gasteiger partial charge in [-0.1, -0.05) is 19.3 Å². The molecular formula is C43H82I3N6O7-. The number of nitrogens with zero attached hydrogens (tertiary/aromatic N) is 2. The molecule has 0 aromatic heterocycles. The molecule has 0 radical (unpaired) electrons. The Labute approximate surface area is 387 Å². The third-order valence-electron chi connectivity index (χ3n) is 11.9. The van der Waals surface area contributed by atoms with Gasteiger partial charge in [0, 0.05) is 81.4 Å². The molecule has 1 aliphatic carbocycles. The molecular weight excluding hydrogens is 1090 g/mol. The first kappa shape index (κ1) is 55.3. The number of alkyl carbamates (subject to hydrolysis) is 2. The number of nitrogens with two attached hydrogens (primary N) is 1. The number of ketones is 1. The summed E-state index contributed by atoms with van der Waals surface area (Å²) in [7, 11) is 0. The number of nitrogens with one attached hydrogen (secondary N) is 3. The molecule has 5 saturated heterocycles. The van der Waals surface area contributed by atoms with Crippen molar-refractivity contribution in [3.63, 3.8) is 0 Å². The fraction of sp³-hybridized carbons (Fsp3) is 0.930. The van der Waals surface area contributed by atoms with Crippen molar-refractivity contribution >= 4 is 55.2 Å². The van der Waals surface area contributed by atoms with Crippen LogP contribution in [0.4, 0.5) is 9.59 Å². The zero-order valence-electron chi connectivity index (χ0n) is 37.9. The number of piperidine rings is 3. The summed E-state index contributed by atoms with van der Waals surface area (Å²) in [5, 5.41) is 9.12. The van der Waals surface area contributed by atoms with E-state index in [-0.39, 0.29) is 29.8 Å². The summed E-state index contributed by atoms with van der Waals surface area (Å²) < 4.78 is 20.9. The monoisotopic (exact) mass is 1180 g/mol. The van der Waals surface area contributed by atoms with Crippen molar-refractivity contribution < 1.29 is 46.6 Å². The van der Waals surface area contributed by atoms with E-state index in [1.807, 2.05) is 41.5 Å². The van der Waals surface area contributed by atoms with Gasteiger partial charge >= 0.3 is 62.7 Å². The molecule has 5 aliphatic heterocycles. The van der Waals surface area contributed by atoms with Gasteiger partial charge in [0.15, 0.2) is 0 Å². The van der Waals surface area contributed by atoms with Crippen molar-refractivity contribution in [2.45, 2.75) is 192 Å². The summed E-state index contributed by atoms with van der Waals surface area (Å²) >= 11 is 5.30. The minimum atomic E-state index is -0.430. The second-order valence-electron chi connectivity index (χ2n) is 19.3. The van der Waals surface area contributed by atoms with Gasteiger partial charge in [-0.15, -0.1) is 0 Å². The maximum Gasteiger partial charge on any atom is 0.137 e. The first-order valence-corrected chi connectivity index (χ1v) is 34.8. The standard InChI is InChI=1S/C16H30N2O3.C12H24N2.C10H20N2O2.C5H8O2.I3/c1-15(2,3)21-14(19)17-13-5-9-18(10-6-13)16(4)7-11-20-12-8-16;1-12(7-3-2-4-8-12)14-9-5-11(13)6-10-14;1-10(2,3)14-9(13)12-8-4-6-11-7-5-8;6-5-1-3-7-4-2-5;1-3-2/h13H,5-12H2,1-4H3,(H,17,19);11H,2-10,13H2,1H3;8,11H,4-7H2,1-3H3,(H,12,13);1-4H2;/q;;;;-1. The molecule has 6 fully saturated rings. The fourth-order valence-electron chi connectivity index (χ4n) is 8.27. The van der Waals surface area contributed by atoms with Crippen LogP contribution in [0, 0.1) is 0 Å². The van der Waals surface area contributed by atoms with E-state index in [4.69, 9.17) is 24.7 Å². The minimum absolute atomic E-state index is 0.236. The number of carbonyl (C=O) groups is 3. The van der Waals surface area contributed by atoms with Crippen LogP contribution in [-0.2, 0) is 23.7 Å². The van der Waals surface area contributed by atoms with Crippen molar-refractivity contribution in [2.24, 2.45) is 5.73 Å². The molecule has 0 unspecified atom stereocenters. The molecule has 348 valence electrons. The van der Waals surface area contributed by atoms with E-state index in [0.29, 0.717) is 56.7 Å². The van der Waals surface area contributed by atoms with E-state index in [2.05, 4.69) is 76.8 Å². The van der Waals surface area contributed by atoms with Crippen LogP contribution in [0.3, 0.4) is 0 Å². The molecule has 0 atom stereocenters. The maximum absolute atomic E-state index is 11.8. The zero-order valence-corrected chi connectivity index (χ0v) is 44.3. The summed E-state index contributed by atoms with van der Waals surface area (Å²) in [5.41, 5.74) is 5.89. The van der Waals surface area contributed by atoms with Gasteiger partial charge in [0.2, 0.25) is 0 Å². The number of halogens is 3. The molecule has 13 nitrogen and oxygen atoms in total. The number of amides is 2. The van der Waals surface area contributed by atoms with Crippen molar-refractivity contribution in [3.8, 4) is 0 Å². The Morgan fingerprint density at radius 1 is 0.695 bits per heavy atom. The Bertz CT molecular complexity index is 1170. The normalized spacial score (nSPS) is 23.5. The number of likely N-dealkylation sites (tertiary alicyclic amines) is 2. The second-order valence-corrected chi connectivity index (χ2v) is 35.5. The molecule has 5 heterocycles. The van der Waals surface area contributed by atoms with Gasteiger partial charge in [0.25, 0.3) is 0 Å². The third kappa shape index (κ3) is 24.7. The SMILES string of the molecule is CC(C)(C)OC(=O)NC1CCN(C2(C)CCOCC2)CC1.CC(C)(C)OC(=O)NC1CCNCC1.CC1(N2CCC(N)CC2)CCCCC1.I[I-]I.O=C1CCOCC1. The molecule has 0 spiro atoms. The molecule has 5 N–H and O–H groups in total. The number of ether oxygens (including phenoxy) is 4. The molecule has 6 rings (SSSR count). The van der Waals surface area contributed by atoms with Crippen LogP contribution in [0.1, 0.15) is 152 Å². The van der Waals surface area contributed by atoms with Crippen LogP contribution in [0.15, 0.2) is 0 Å². The summed E-state index contributed by atoms with van der Waals surface area (Å²) in [5.74, 6) is 0.339. The van der Waals surface area contributed by atoms with E-state index >= 15 is 0 Å². The molecule has 2 amide bonds. The molecule has 6 aliphatic rings. The Hall–Kier alpha value is 0.160. The van der Waals surface area contributed by atoms with Crippen LogP contribution < -0.4 is 34.9 Å². The number of hydrogen-bond acceptors (Lipinski definition) is 11. The quantitative estimate of drug-likeness (QED) is 0.279. The van der Waals surface area contributed by atoms with Crippen LogP contribution in [0.25, 0.3) is 0 Å². The molecule has 0 bridgehead atoms. The molecule has 16 heteroatoms. The smallest absolute Gasteiger partial charge is 0.137 e. The summed E-state index contributed by atoms with van der Waals surface area (Å²) in [6, 6.07) is 0.976. The van der Waals surface area contributed by atoms with Crippen LogP contribution in [0.5, 0.6) is 0 Å².